The molecule has 124 valence electrons. The van der Waals surface area contributed by atoms with Crippen molar-refractivity contribution in [2.45, 2.75) is 44.2 Å². The van der Waals surface area contributed by atoms with Gasteiger partial charge >= 0.3 is 0 Å². The largest absolute Gasteiger partial charge is 0.459 e. The van der Waals surface area contributed by atoms with Gasteiger partial charge in [0.05, 0.1) is 6.26 Å². The lowest BCUT2D eigenvalue weighted by Gasteiger charge is -2.33. The zero-order valence-corrected chi connectivity index (χ0v) is 13.7. The Labute approximate surface area is 141 Å². The van der Waals surface area contributed by atoms with Crippen molar-refractivity contribution in [3.05, 3.63) is 59.5 Å². The van der Waals surface area contributed by atoms with Crippen molar-refractivity contribution in [1.82, 2.24) is 5.32 Å². The Morgan fingerprint density at radius 1 is 1.38 bits per heavy atom. The van der Waals surface area contributed by atoms with Crippen LogP contribution in [0.1, 0.15) is 47.4 Å². The smallest absolute Gasteiger partial charge is 0.287 e. The number of hydrogen-bond acceptors (Lipinski definition) is 3. The second-order valence-corrected chi connectivity index (χ2v) is 6.40. The van der Waals surface area contributed by atoms with E-state index in [2.05, 4.69) is 17.2 Å². The molecule has 2 unspecified atom stereocenters. The number of hydrogen-bond donors (Lipinski definition) is 2. The van der Waals surface area contributed by atoms with Crippen molar-refractivity contribution < 1.29 is 14.3 Å². The average molecular weight is 323 g/mol. The minimum atomic E-state index is -1.07. The molecule has 24 heavy (non-hydrogen) atoms. The van der Waals surface area contributed by atoms with Gasteiger partial charge in [0.25, 0.3) is 5.91 Å². The predicted molar refractivity (Wildman–Crippen MR) is 91.4 cm³/mol. The van der Waals surface area contributed by atoms with E-state index in [1.165, 1.54) is 6.26 Å². The lowest BCUT2D eigenvalue weighted by atomic mass is 9.82. The van der Waals surface area contributed by atoms with Crippen LogP contribution in [0.15, 0.2) is 47.1 Å². The zero-order valence-electron chi connectivity index (χ0n) is 13.7. The van der Waals surface area contributed by atoms with Crippen molar-refractivity contribution in [2.24, 2.45) is 0 Å². The summed E-state index contributed by atoms with van der Waals surface area (Å²) in [6.07, 6.45) is 4.18. The van der Waals surface area contributed by atoms with E-state index in [4.69, 9.17) is 4.42 Å². The molecule has 1 heterocycles. The van der Waals surface area contributed by atoms with Gasteiger partial charge in [0.15, 0.2) is 5.76 Å². The first kappa shape index (κ1) is 16.4. The van der Waals surface area contributed by atoms with E-state index < -0.39 is 5.60 Å². The molecule has 2 aromatic rings. The minimum Gasteiger partial charge on any atom is -0.459 e. The lowest BCUT2D eigenvalue weighted by Crippen LogP contribution is -2.45. The van der Waals surface area contributed by atoms with Crippen LogP contribution in [0.4, 0.5) is 0 Å². The van der Waals surface area contributed by atoms with Crippen molar-refractivity contribution >= 4 is 5.91 Å². The molecule has 1 amide bonds. The van der Waals surface area contributed by atoms with Gasteiger partial charge in [-0.2, -0.15) is 0 Å². The molecule has 1 aromatic heterocycles. The molecule has 1 fully saturated rings. The highest BCUT2D eigenvalue weighted by Gasteiger charge is 2.33. The average Bonchev–Trinajstić information content (AvgIpc) is 3.08. The first-order valence-corrected chi connectivity index (χ1v) is 8.21. The molecule has 1 aromatic carbocycles. The molecule has 0 radical (unpaired) electrons. The molecular weight excluding hydrogens is 302 g/mol. The molecule has 0 aliphatic heterocycles. The zero-order chi connectivity index (χ0) is 17.0. The molecule has 0 saturated heterocycles. The Morgan fingerprint density at radius 2 is 2.25 bits per heavy atom. The molecule has 2 N–H and O–H groups in total. The summed E-state index contributed by atoms with van der Waals surface area (Å²) >= 11 is 0. The van der Waals surface area contributed by atoms with Crippen LogP contribution in [0.5, 0.6) is 0 Å². The quantitative estimate of drug-likeness (QED) is 0.835. The number of aliphatic hydroxyl groups is 1. The summed E-state index contributed by atoms with van der Waals surface area (Å²) in [6.45, 7) is 2.01. The summed E-state index contributed by atoms with van der Waals surface area (Å²) in [5.41, 5.74) is 0.967. The molecule has 0 bridgehead atoms. The van der Waals surface area contributed by atoms with Gasteiger partial charge in [0, 0.05) is 18.0 Å². The Kier molecular flexibility index (Phi) is 4.73. The predicted octanol–water partition coefficient (Wildman–Crippen LogP) is 3.04. The topological polar surface area (TPSA) is 62.5 Å². The van der Waals surface area contributed by atoms with E-state index in [9.17, 15) is 9.90 Å². The van der Waals surface area contributed by atoms with Crippen LogP contribution in [-0.4, -0.2) is 22.7 Å². The number of benzene rings is 1. The first-order chi connectivity index (χ1) is 11.5. The van der Waals surface area contributed by atoms with Crippen LogP contribution in [0.25, 0.3) is 0 Å². The van der Waals surface area contributed by atoms with Gasteiger partial charge in [0.1, 0.15) is 5.60 Å². The van der Waals surface area contributed by atoms with Crippen LogP contribution in [-0.2, 0) is 0 Å². The Bertz CT molecular complexity index is 770. The van der Waals surface area contributed by atoms with Gasteiger partial charge < -0.3 is 14.8 Å². The van der Waals surface area contributed by atoms with Gasteiger partial charge in [0.2, 0.25) is 0 Å². The van der Waals surface area contributed by atoms with Crippen molar-refractivity contribution in [2.75, 3.05) is 0 Å². The fourth-order valence-electron chi connectivity index (χ4n) is 3.06. The van der Waals surface area contributed by atoms with E-state index in [0.29, 0.717) is 12.8 Å². The monoisotopic (exact) mass is 323 g/mol. The molecule has 4 nitrogen and oxygen atoms in total. The maximum atomic E-state index is 12.1. The number of furan rings is 1. The van der Waals surface area contributed by atoms with Gasteiger partial charge in [-0.1, -0.05) is 24.0 Å². The SMILES string of the molecule is Cc1cccc(C#CC2(O)CCCC(NC(=O)c3ccco3)C2)c1. The summed E-state index contributed by atoms with van der Waals surface area (Å²) in [5, 5.41) is 13.7. The molecule has 2 atom stereocenters. The molecular formula is C20H21NO3. The third kappa shape index (κ3) is 4.06. The highest BCUT2D eigenvalue weighted by Crippen LogP contribution is 2.28. The van der Waals surface area contributed by atoms with Crippen molar-refractivity contribution in [3.8, 4) is 11.8 Å². The van der Waals surface area contributed by atoms with Crippen molar-refractivity contribution in [1.29, 1.82) is 0 Å². The van der Waals surface area contributed by atoms with E-state index in [1.54, 1.807) is 12.1 Å². The Balaban J connectivity index is 1.67. The first-order valence-electron chi connectivity index (χ1n) is 8.21. The van der Waals surface area contributed by atoms with Gasteiger partial charge in [-0.05, 0) is 56.0 Å². The Morgan fingerprint density at radius 3 is 3.00 bits per heavy atom. The normalized spacial score (nSPS) is 23.2. The maximum absolute atomic E-state index is 12.1. The van der Waals surface area contributed by atoms with Crippen LogP contribution < -0.4 is 5.32 Å². The number of carbonyl (C=O) groups excluding carboxylic acids is 1. The summed E-state index contributed by atoms with van der Waals surface area (Å²) < 4.78 is 5.10. The van der Waals surface area contributed by atoms with E-state index >= 15 is 0 Å². The Hall–Kier alpha value is -2.51. The summed E-state index contributed by atoms with van der Waals surface area (Å²) in [4.78, 5) is 12.1. The summed E-state index contributed by atoms with van der Waals surface area (Å²) in [6, 6.07) is 11.1. The third-order valence-electron chi connectivity index (χ3n) is 4.26. The summed E-state index contributed by atoms with van der Waals surface area (Å²) in [5.74, 6) is 6.11. The molecule has 0 spiro atoms. The number of amides is 1. The number of nitrogens with one attached hydrogen (secondary N) is 1. The molecule has 4 heteroatoms. The van der Waals surface area contributed by atoms with Crippen LogP contribution in [0.3, 0.4) is 0 Å². The second kappa shape index (κ2) is 6.94. The van der Waals surface area contributed by atoms with Crippen LogP contribution >= 0.6 is 0 Å². The summed E-state index contributed by atoms with van der Waals surface area (Å²) in [7, 11) is 0. The number of rotatable bonds is 2. The molecule has 1 aliphatic rings. The molecule has 1 saturated carbocycles. The van der Waals surface area contributed by atoms with Crippen LogP contribution in [0.2, 0.25) is 0 Å². The van der Waals surface area contributed by atoms with Gasteiger partial charge in [-0.15, -0.1) is 0 Å². The van der Waals surface area contributed by atoms with E-state index in [0.717, 1.165) is 24.0 Å². The fourth-order valence-corrected chi connectivity index (χ4v) is 3.06. The lowest BCUT2D eigenvalue weighted by molar-refractivity contribution is 0.0448. The number of carbonyl (C=O) groups is 1. The van der Waals surface area contributed by atoms with E-state index in [1.807, 2.05) is 31.2 Å². The molecule has 3 rings (SSSR count). The van der Waals surface area contributed by atoms with E-state index in [-0.39, 0.29) is 17.7 Å². The van der Waals surface area contributed by atoms with Gasteiger partial charge in [-0.25, -0.2) is 0 Å². The highest BCUT2D eigenvalue weighted by molar-refractivity contribution is 5.91. The number of aryl methyl sites for hydroxylation is 1. The standard InChI is InChI=1S/C20H21NO3/c1-15-5-2-6-16(13-15)9-11-20(23)10-3-7-17(14-20)21-19(22)18-8-4-12-24-18/h2,4-6,8,12-13,17,23H,3,7,10,14H2,1H3,(H,21,22). The van der Waals surface area contributed by atoms with Crippen molar-refractivity contribution in [3.63, 3.8) is 0 Å². The van der Waals surface area contributed by atoms with Gasteiger partial charge in [-0.3, -0.25) is 4.79 Å². The maximum Gasteiger partial charge on any atom is 0.287 e. The molecule has 1 aliphatic carbocycles. The highest BCUT2D eigenvalue weighted by atomic mass is 16.3. The third-order valence-corrected chi connectivity index (χ3v) is 4.26. The van der Waals surface area contributed by atoms with Crippen LogP contribution in [0, 0.1) is 18.8 Å². The second-order valence-electron chi connectivity index (χ2n) is 6.40. The minimum absolute atomic E-state index is 0.104. The fraction of sp³-hybridized carbons (Fsp3) is 0.350.